The molecule has 1 aliphatic heterocycles. The summed E-state index contributed by atoms with van der Waals surface area (Å²) in [6.07, 6.45) is 3.68. The summed E-state index contributed by atoms with van der Waals surface area (Å²) in [4.78, 5) is 3.53. The SMILES string of the molecule is CCSc1cccc(N2CCCC(C)(C)CC2)c1C#N. The van der Waals surface area contributed by atoms with Gasteiger partial charge in [0.1, 0.15) is 6.07 Å². The Hall–Kier alpha value is -1.14. The summed E-state index contributed by atoms with van der Waals surface area (Å²) in [5.74, 6) is 1.01. The van der Waals surface area contributed by atoms with Crippen LogP contribution in [0.4, 0.5) is 5.69 Å². The van der Waals surface area contributed by atoms with Gasteiger partial charge in [0, 0.05) is 18.0 Å². The van der Waals surface area contributed by atoms with Crippen LogP contribution in [0.15, 0.2) is 23.1 Å². The van der Waals surface area contributed by atoms with Crippen LogP contribution in [0.2, 0.25) is 0 Å². The van der Waals surface area contributed by atoms with Gasteiger partial charge in [-0.05, 0) is 42.6 Å². The molecule has 1 aromatic rings. The molecule has 1 aromatic carbocycles. The summed E-state index contributed by atoms with van der Waals surface area (Å²) in [7, 11) is 0. The monoisotopic (exact) mass is 288 g/mol. The summed E-state index contributed by atoms with van der Waals surface area (Å²) in [6.45, 7) is 8.96. The minimum atomic E-state index is 0.428. The van der Waals surface area contributed by atoms with Crippen molar-refractivity contribution < 1.29 is 0 Å². The van der Waals surface area contributed by atoms with Gasteiger partial charge in [0.15, 0.2) is 0 Å². The fourth-order valence-corrected chi connectivity index (χ4v) is 3.62. The molecule has 0 unspecified atom stereocenters. The van der Waals surface area contributed by atoms with Crippen LogP contribution in [0.5, 0.6) is 0 Å². The summed E-state index contributed by atoms with van der Waals surface area (Å²) in [5.41, 5.74) is 2.42. The molecule has 2 nitrogen and oxygen atoms in total. The highest BCUT2D eigenvalue weighted by atomic mass is 32.2. The van der Waals surface area contributed by atoms with Crippen LogP contribution in [0.1, 0.15) is 45.6 Å². The van der Waals surface area contributed by atoms with Crippen LogP contribution in [-0.4, -0.2) is 18.8 Å². The maximum Gasteiger partial charge on any atom is 0.103 e. The first-order chi connectivity index (χ1) is 9.57. The largest absolute Gasteiger partial charge is 0.370 e. The van der Waals surface area contributed by atoms with E-state index in [0.717, 1.165) is 35.0 Å². The summed E-state index contributed by atoms with van der Waals surface area (Å²) < 4.78 is 0. The van der Waals surface area contributed by atoms with Crippen LogP contribution >= 0.6 is 11.8 Å². The molecule has 20 heavy (non-hydrogen) atoms. The van der Waals surface area contributed by atoms with E-state index in [1.807, 2.05) is 0 Å². The number of benzene rings is 1. The van der Waals surface area contributed by atoms with Gasteiger partial charge in [-0.2, -0.15) is 5.26 Å². The van der Waals surface area contributed by atoms with Crippen molar-refractivity contribution in [3.63, 3.8) is 0 Å². The molecule has 2 rings (SSSR count). The molecule has 1 saturated heterocycles. The number of thioether (sulfide) groups is 1. The highest BCUT2D eigenvalue weighted by Crippen LogP contribution is 2.35. The van der Waals surface area contributed by atoms with Crippen LogP contribution < -0.4 is 4.90 Å². The van der Waals surface area contributed by atoms with Crippen molar-refractivity contribution in [1.29, 1.82) is 5.26 Å². The van der Waals surface area contributed by atoms with Gasteiger partial charge in [0.2, 0.25) is 0 Å². The zero-order valence-corrected chi connectivity index (χ0v) is 13.6. The van der Waals surface area contributed by atoms with Crippen molar-refractivity contribution in [2.24, 2.45) is 5.41 Å². The molecule has 1 heterocycles. The van der Waals surface area contributed by atoms with E-state index in [4.69, 9.17) is 0 Å². The van der Waals surface area contributed by atoms with Gasteiger partial charge in [0.05, 0.1) is 11.3 Å². The van der Waals surface area contributed by atoms with Gasteiger partial charge < -0.3 is 4.90 Å². The second-order valence-electron chi connectivity index (χ2n) is 6.20. The van der Waals surface area contributed by atoms with Crippen molar-refractivity contribution in [3.05, 3.63) is 23.8 Å². The first-order valence-corrected chi connectivity index (χ1v) is 8.47. The zero-order valence-electron chi connectivity index (χ0n) is 12.8. The van der Waals surface area contributed by atoms with E-state index >= 15 is 0 Å². The molecule has 0 atom stereocenters. The number of rotatable bonds is 3. The van der Waals surface area contributed by atoms with Gasteiger partial charge in [-0.25, -0.2) is 0 Å². The third-order valence-electron chi connectivity index (χ3n) is 4.10. The number of nitriles is 1. The second kappa shape index (κ2) is 6.54. The average molecular weight is 288 g/mol. The molecule has 108 valence electrons. The summed E-state index contributed by atoms with van der Waals surface area (Å²) >= 11 is 1.76. The third-order valence-corrected chi connectivity index (χ3v) is 5.04. The van der Waals surface area contributed by atoms with E-state index < -0.39 is 0 Å². The predicted molar refractivity (Wildman–Crippen MR) is 87.4 cm³/mol. The van der Waals surface area contributed by atoms with Crippen LogP contribution in [0, 0.1) is 16.7 Å². The van der Waals surface area contributed by atoms with Gasteiger partial charge in [-0.1, -0.05) is 26.8 Å². The third kappa shape index (κ3) is 3.49. The Kier molecular flexibility index (Phi) is 4.99. The lowest BCUT2D eigenvalue weighted by Crippen LogP contribution is -2.26. The molecule has 0 saturated carbocycles. The van der Waals surface area contributed by atoms with Gasteiger partial charge in [-0.15, -0.1) is 11.8 Å². The molecule has 0 radical (unpaired) electrons. The maximum absolute atomic E-state index is 9.54. The Bertz CT molecular complexity index is 502. The maximum atomic E-state index is 9.54. The predicted octanol–water partition coefficient (Wildman–Crippen LogP) is 4.69. The molecule has 0 aromatic heterocycles. The van der Waals surface area contributed by atoms with Gasteiger partial charge >= 0.3 is 0 Å². The van der Waals surface area contributed by atoms with E-state index in [-0.39, 0.29) is 0 Å². The number of anilines is 1. The van der Waals surface area contributed by atoms with E-state index in [1.165, 1.54) is 19.3 Å². The van der Waals surface area contributed by atoms with Crippen molar-refractivity contribution in [2.45, 2.75) is 44.9 Å². The number of nitrogens with zero attached hydrogens (tertiary/aromatic N) is 2. The van der Waals surface area contributed by atoms with Crippen molar-refractivity contribution in [3.8, 4) is 6.07 Å². The molecule has 0 bridgehead atoms. The fourth-order valence-electron chi connectivity index (χ4n) is 2.84. The Morgan fingerprint density at radius 2 is 2.10 bits per heavy atom. The molecule has 1 fully saturated rings. The molecular formula is C17H24N2S. The fraction of sp³-hybridized carbons (Fsp3) is 0.588. The topological polar surface area (TPSA) is 27.0 Å². The van der Waals surface area contributed by atoms with Gasteiger partial charge in [0.25, 0.3) is 0 Å². The Balaban J connectivity index is 2.28. The van der Waals surface area contributed by atoms with Crippen LogP contribution in [-0.2, 0) is 0 Å². The van der Waals surface area contributed by atoms with Crippen LogP contribution in [0.25, 0.3) is 0 Å². The quantitative estimate of drug-likeness (QED) is 0.755. The Morgan fingerprint density at radius 3 is 2.80 bits per heavy atom. The van der Waals surface area contributed by atoms with Crippen LogP contribution in [0.3, 0.4) is 0 Å². The minimum absolute atomic E-state index is 0.428. The molecule has 0 amide bonds. The zero-order chi connectivity index (χ0) is 14.6. The van der Waals surface area contributed by atoms with Crippen molar-refractivity contribution >= 4 is 17.4 Å². The van der Waals surface area contributed by atoms with E-state index in [0.29, 0.717) is 5.41 Å². The summed E-state index contributed by atoms with van der Waals surface area (Å²) in [6, 6.07) is 8.69. The van der Waals surface area contributed by atoms with Crippen molar-refractivity contribution in [2.75, 3.05) is 23.7 Å². The molecule has 1 aliphatic rings. The highest BCUT2D eigenvalue weighted by Gasteiger charge is 2.24. The number of hydrogen-bond donors (Lipinski definition) is 0. The first kappa shape index (κ1) is 15.3. The Morgan fingerprint density at radius 1 is 1.30 bits per heavy atom. The molecule has 0 N–H and O–H groups in total. The minimum Gasteiger partial charge on any atom is -0.370 e. The normalized spacial score (nSPS) is 18.4. The van der Waals surface area contributed by atoms with Crippen molar-refractivity contribution in [1.82, 2.24) is 0 Å². The standard InChI is InChI=1S/C17H24N2S/c1-4-20-16-8-5-7-15(14(16)13-18)19-11-6-9-17(2,3)10-12-19/h5,7-8H,4,6,9-12H2,1-3H3. The highest BCUT2D eigenvalue weighted by molar-refractivity contribution is 7.99. The molecular weight excluding hydrogens is 264 g/mol. The lowest BCUT2D eigenvalue weighted by molar-refractivity contribution is 0.325. The smallest absolute Gasteiger partial charge is 0.103 e. The Labute approximate surface area is 127 Å². The van der Waals surface area contributed by atoms with E-state index in [1.54, 1.807) is 11.8 Å². The first-order valence-electron chi connectivity index (χ1n) is 7.48. The molecule has 0 spiro atoms. The average Bonchev–Trinajstić information content (AvgIpc) is 2.60. The number of hydrogen-bond acceptors (Lipinski definition) is 3. The lowest BCUT2D eigenvalue weighted by Gasteiger charge is -2.26. The van der Waals surface area contributed by atoms with E-state index in [2.05, 4.69) is 49.9 Å². The molecule has 3 heteroatoms. The summed E-state index contributed by atoms with van der Waals surface area (Å²) in [5, 5.41) is 9.54. The van der Waals surface area contributed by atoms with E-state index in [9.17, 15) is 5.26 Å². The lowest BCUT2D eigenvalue weighted by atomic mass is 9.85. The molecule has 0 aliphatic carbocycles. The second-order valence-corrected chi connectivity index (χ2v) is 7.51. The van der Waals surface area contributed by atoms with Gasteiger partial charge in [-0.3, -0.25) is 0 Å².